The molecule has 0 saturated heterocycles. The monoisotopic (exact) mass is 154 g/mol. The number of ether oxygens (including phenoxy) is 1. The molecule has 0 radical (unpaired) electrons. The first kappa shape index (κ1) is 8.63. The van der Waals surface area contributed by atoms with Crippen LogP contribution in [0.4, 0.5) is 0 Å². The van der Waals surface area contributed by atoms with Crippen LogP contribution in [-0.2, 0) is 4.74 Å². The Bertz CT molecular complexity index is 127. The maximum absolute atomic E-state index is 5.49. The molecule has 0 atom stereocenters. The van der Waals surface area contributed by atoms with Crippen LogP contribution in [0.3, 0.4) is 0 Å². The van der Waals surface area contributed by atoms with E-state index in [4.69, 9.17) is 4.74 Å². The molecule has 0 amide bonds. The van der Waals surface area contributed by atoms with Gasteiger partial charge < -0.3 is 4.74 Å². The molecule has 11 heavy (non-hydrogen) atoms. The quantitative estimate of drug-likeness (QED) is 0.565. The molecule has 1 aliphatic heterocycles. The van der Waals surface area contributed by atoms with Gasteiger partial charge in [-0.25, -0.2) is 0 Å². The molecule has 64 valence electrons. The van der Waals surface area contributed by atoms with Gasteiger partial charge in [-0.05, 0) is 25.3 Å². The first-order valence-corrected chi connectivity index (χ1v) is 4.75. The van der Waals surface area contributed by atoms with Gasteiger partial charge in [0.2, 0.25) is 0 Å². The lowest BCUT2D eigenvalue weighted by Crippen LogP contribution is -2.00. The zero-order valence-electron chi connectivity index (χ0n) is 7.44. The third kappa shape index (κ3) is 3.45. The molecule has 0 unspecified atom stereocenters. The van der Waals surface area contributed by atoms with Crippen LogP contribution in [0, 0.1) is 0 Å². The van der Waals surface area contributed by atoms with Gasteiger partial charge >= 0.3 is 0 Å². The lowest BCUT2D eigenvalue weighted by atomic mass is 10.1. The standard InChI is InChI=1S/C10H18O/c1-2-3-4-7-10-8-5-6-9-11-10/h8H,2-7,9H2,1H3. The fourth-order valence-corrected chi connectivity index (χ4v) is 1.33. The Balaban J connectivity index is 2.09. The Kier molecular flexibility index (Phi) is 4.10. The van der Waals surface area contributed by atoms with Crippen molar-refractivity contribution in [2.45, 2.75) is 45.4 Å². The lowest BCUT2D eigenvalue weighted by Gasteiger charge is -2.14. The van der Waals surface area contributed by atoms with Crippen LogP contribution in [0.15, 0.2) is 11.8 Å². The van der Waals surface area contributed by atoms with Gasteiger partial charge in [-0.1, -0.05) is 19.8 Å². The predicted octanol–water partition coefficient (Wildman–Crippen LogP) is 3.26. The minimum absolute atomic E-state index is 0.942. The van der Waals surface area contributed by atoms with Crippen molar-refractivity contribution in [1.82, 2.24) is 0 Å². The molecule has 0 aromatic carbocycles. The maximum Gasteiger partial charge on any atom is 0.0919 e. The number of hydrogen-bond acceptors (Lipinski definition) is 1. The second-order valence-electron chi connectivity index (χ2n) is 3.12. The molecule has 1 heteroatoms. The van der Waals surface area contributed by atoms with E-state index in [9.17, 15) is 0 Å². The summed E-state index contributed by atoms with van der Waals surface area (Å²) in [5.74, 6) is 1.24. The average molecular weight is 154 g/mol. The van der Waals surface area contributed by atoms with Crippen molar-refractivity contribution in [3.05, 3.63) is 11.8 Å². The summed E-state index contributed by atoms with van der Waals surface area (Å²) >= 11 is 0. The second-order valence-corrected chi connectivity index (χ2v) is 3.12. The normalized spacial score (nSPS) is 17.4. The molecule has 1 heterocycles. The Morgan fingerprint density at radius 1 is 1.45 bits per heavy atom. The summed E-state index contributed by atoms with van der Waals surface area (Å²) in [6.45, 7) is 3.17. The van der Waals surface area contributed by atoms with Crippen molar-refractivity contribution in [3.63, 3.8) is 0 Å². The zero-order valence-corrected chi connectivity index (χ0v) is 7.44. The largest absolute Gasteiger partial charge is 0.498 e. The molecular formula is C10H18O. The van der Waals surface area contributed by atoms with Gasteiger partial charge in [0.15, 0.2) is 0 Å². The van der Waals surface area contributed by atoms with Crippen molar-refractivity contribution >= 4 is 0 Å². The molecule has 0 N–H and O–H groups in total. The van der Waals surface area contributed by atoms with Crippen molar-refractivity contribution in [1.29, 1.82) is 0 Å². The Labute approximate surface area is 69.4 Å². The second kappa shape index (κ2) is 5.22. The van der Waals surface area contributed by atoms with Crippen LogP contribution in [0.2, 0.25) is 0 Å². The SMILES string of the molecule is CCCCCC1=CCCCO1. The molecule has 0 spiro atoms. The fraction of sp³-hybridized carbons (Fsp3) is 0.800. The van der Waals surface area contributed by atoms with Gasteiger partial charge in [-0.2, -0.15) is 0 Å². The minimum atomic E-state index is 0.942. The van der Waals surface area contributed by atoms with Gasteiger partial charge in [0.1, 0.15) is 0 Å². The summed E-state index contributed by atoms with van der Waals surface area (Å²) in [4.78, 5) is 0. The van der Waals surface area contributed by atoms with E-state index in [1.165, 1.54) is 37.9 Å². The Morgan fingerprint density at radius 3 is 3.00 bits per heavy atom. The van der Waals surface area contributed by atoms with Crippen LogP contribution >= 0.6 is 0 Å². The van der Waals surface area contributed by atoms with Crippen LogP contribution in [-0.4, -0.2) is 6.61 Å². The summed E-state index contributed by atoms with van der Waals surface area (Å²) in [7, 11) is 0. The number of hydrogen-bond donors (Lipinski definition) is 0. The minimum Gasteiger partial charge on any atom is -0.498 e. The van der Waals surface area contributed by atoms with E-state index in [2.05, 4.69) is 13.0 Å². The highest BCUT2D eigenvalue weighted by molar-refractivity contribution is 4.95. The smallest absolute Gasteiger partial charge is 0.0919 e. The Hall–Kier alpha value is -0.460. The summed E-state index contributed by atoms with van der Waals surface area (Å²) < 4.78 is 5.49. The van der Waals surface area contributed by atoms with Crippen LogP contribution in [0.25, 0.3) is 0 Å². The average Bonchev–Trinajstić information content (AvgIpc) is 2.07. The first-order valence-electron chi connectivity index (χ1n) is 4.75. The zero-order chi connectivity index (χ0) is 7.94. The molecular weight excluding hydrogens is 136 g/mol. The lowest BCUT2D eigenvalue weighted by molar-refractivity contribution is 0.182. The fourth-order valence-electron chi connectivity index (χ4n) is 1.33. The highest BCUT2D eigenvalue weighted by atomic mass is 16.5. The number of allylic oxidation sites excluding steroid dienone is 2. The van der Waals surface area contributed by atoms with Gasteiger partial charge in [0.05, 0.1) is 12.4 Å². The van der Waals surface area contributed by atoms with Crippen molar-refractivity contribution < 1.29 is 4.74 Å². The summed E-state index contributed by atoms with van der Waals surface area (Å²) in [6, 6.07) is 0. The van der Waals surface area contributed by atoms with E-state index in [0.29, 0.717) is 0 Å². The molecule has 1 aliphatic rings. The third-order valence-electron chi connectivity index (χ3n) is 2.03. The molecule has 0 saturated carbocycles. The topological polar surface area (TPSA) is 9.23 Å². The number of rotatable bonds is 4. The Morgan fingerprint density at radius 2 is 2.36 bits per heavy atom. The molecule has 1 rings (SSSR count). The molecule has 0 aliphatic carbocycles. The van der Waals surface area contributed by atoms with E-state index >= 15 is 0 Å². The summed E-state index contributed by atoms with van der Waals surface area (Å²) in [5, 5.41) is 0. The summed E-state index contributed by atoms with van der Waals surface area (Å²) in [6.07, 6.45) is 9.77. The highest BCUT2D eigenvalue weighted by Crippen LogP contribution is 2.16. The van der Waals surface area contributed by atoms with Crippen LogP contribution < -0.4 is 0 Å². The molecule has 0 aromatic rings. The van der Waals surface area contributed by atoms with E-state index in [0.717, 1.165) is 13.0 Å². The van der Waals surface area contributed by atoms with Crippen molar-refractivity contribution in [3.8, 4) is 0 Å². The molecule has 1 nitrogen and oxygen atoms in total. The van der Waals surface area contributed by atoms with Crippen molar-refractivity contribution in [2.75, 3.05) is 6.61 Å². The van der Waals surface area contributed by atoms with E-state index in [1.54, 1.807) is 0 Å². The first-order chi connectivity index (χ1) is 5.43. The van der Waals surface area contributed by atoms with E-state index in [-0.39, 0.29) is 0 Å². The predicted molar refractivity (Wildman–Crippen MR) is 47.4 cm³/mol. The molecule has 0 bridgehead atoms. The third-order valence-corrected chi connectivity index (χ3v) is 2.03. The van der Waals surface area contributed by atoms with E-state index in [1.807, 2.05) is 0 Å². The van der Waals surface area contributed by atoms with Crippen LogP contribution in [0.1, 0.15) is 45.4 Å². The van der Waals surface area contributed by atoms with Gasteiger partial charge in [-0.15, -0.1) is 0 Å². The van der Waals surface area contributed by atoms with Gasteiger partial charge in [0, 0.05) is 6.42 Å². The van der Waals surface area contributed by atoms with E-state index < -0.39 is 0 Å². The molecule has 0 fully saturated rings. The molecule has 0 aromatic heterocycles. The van der Waals surface area contributed by atoms with Gasteiger partial charge in [-0.3, -0.25) is 0 Å². The summed E-state index contributed by atoms with van der Waals surface area (Å²) in [5.41, 5.74) is 0. The number of unbranched alkanes of at least 4 members (excludes halogenated alkanes) is 2. The van der Waals surface area contributed by atoms with Gasteiger partial charge in [0.25, 0.3) is 0 Å². The van der Waals surface area contributed by atoms with Crippen LogP contribution in [0.5, 0.6) is 0 Å². The maximum atomic E-state index is 5.49. The highest BCUT2D eigenvalue weighted by Gasteiger charge is 2.02. The van der Waals surface area contributed by atoms with Crippen molar-refractivity contribution in [2.24, 2.45) is 0 Å².